The zero-order valence-electron chi connectivity index (χ0n) is 35.1. The number of hydrogen-bond acceptors (Lipinski definition) is 5. The minimum Gasteiger partial charge on any atom is -0.310 e. The van der Waals surface area contributed by atoms with Gasteiger partial charge in [-0.1, -0.05) is 164 Å². The molecule has 13 aromatic rings. The highest BCUT2D eigenvalue weighted by molar-refractivity contribution is 6.14. The lowest BCUT2D eigenvalue weighted by Gasteiger charge is -2.26. The number of rotatable bonds is 6. The molecule has 0 aliphatic rings. The van der Waals surface area contributed by atoms with E-state index in [1.54, 1.807) is 0 Å². The quantitative estimate of drug-likeness (QED) is 0.156. The second-order valence-electron chi connectivity index (χ2n) is 16.8. The number of hydrogen-bond donors (Lipinski definition) is 0. The Morgan fingerprint density at radius 2 is 0.662 bits per heavy atom. The van der Waals surface area contributed by atoms with Crippen molar-refractivity contribution < 1.29 is 0 Å². The molecule has 11 aromatic carbocycles. The highest BCUT2D eigenvalue weighted by Gasteiger charge is 2.18. The third-order valence-electron chi connectivity index (χ3n) is 13.1. The largest absolute Gasteiger partial charge is 0.310 e. The van der Waals surface area contributed by atoms with E-state index in [1.807, 2.05) is 12.4 Å². The van der Waals surface area contributed by atoms with E-state index in [2.05, 4.69) is 227 Å². The van der Waals surface area contributed by atoms with E-state index in [9.17, 15) is 0 Å². The lowest BCUT2D eigenvalue weighted by molar-refractivity contribution is 1.06. The third kappa shape index (κ3) is 6.24. The Bertz CT molecular complexity index is 3850. The molecule has 2 aromatic heterocycles. The molecule has 0 spiro atoms. The van der Waals surface area contributed by atoms with E-state index in [1.165, 1.54) is 54.2 Å². The average molecular weight is 828 g/mol. The lowest BCUT2D eigenvalue weighted by atomic mass is 9.96. The molecule has 0 bridgehead atoms. The van der Waals surface area contributed by atoms with E-state index < -0.39 is 0 Å². The second-order valence-corrected chi connectivity index (χ2v) is 16.8. The summed E-state index contributed by atoms with van der Waals surface area (Å²) in [7, 11) is 0. The predicted molar refractivity (Wildman–Crippen MR) is 271 cm³/mol. The van der Waals surface area contributed by atoms with Crippen LogP contribution in [0.5, 0.6) is 0 Å². The van der Waals surface area contributed by atoms with Crippen LogP contribution in [0.15, 0.2) is 225 Å². The van der Waals surface area contributed by atoms with Gasteiger partial charge in [-0.05, 0) is 114 Å². The van der Waals surface area contributed by atoms with Crippen LogP contribution in [0, 0.1) is 0 Å². The van der Waals surface area contributed by atoms with Crippen LogP contribution in [-0.2, 0) is 0 Å². The predicted octanol–water partition coefficient (Wildman–Crippen LogP) is 15.8. The van der Waals surface area contributed by atoms with Gasteiger partial charge in [0.25, 0.3) is 0 Å². The van der Waals surface area contributed by atoms with Gasteiger partial charge in [0.1, 0.15) is 11.4 Å². The molecule has 13 rings (SSSR count). The summed E-state index contributed by atoms with van der Waals surface area (Å²) >= 11 is 0. The maximum Gasteiger partial charge on any atom is 0.101 e. The summed E-state index contributed by atoms with van der Waals surface area (Å²) in [5.41, 5.74) is 9.28. The van der Waals surface area contributed by atoms with Crippen molar-refractivity contribution in [2.24, 2.45) is 0 Å². The molecule has 0 unspecified atom stereocenters. The van der Waals surface area contributed by atoms with Gasteiger partial charge in [-0.2, -0.15) is 10.2 Å². The molecule has 5 heteroatoms. The highest BCUT2D eigenvalue weighted by Crippen LogP contribution is 2.41. The molecule has 0 saturated carbocycles. The summed E-state index contributed by atoms with van der Waals surface area (Å²) in [4.78, 5) is 2.33. The first-order chi connectivity index (χ1) is 32.2. The molecule has 5 nitrogen and oxygen atoms in total. The molecule has 302 valence electrons. The number of aromatic nitrogens is 4. The van der Waals surface area contributed by atoms with Crippen molar-refractivity contribution in [2.45, 2.75) is 0 Å². The number of anilines is 3. The fourth-order valence-electron chi connectivity index (χ4n) is 9.85. The van der Waals surface area contributed by atoms with Crippen molar-refractivity contribution in [2.75, 3.05) is 4.90 Å². The molecule has 0 N–H and O–H groups in total. The molecule has 0 atom stereocenters. The maximum absolute atomic E-state index is 4.72. The van der Waals surface area contributed by atoms with Crippen LogP contribution in [0.4, 0.5) is 17.1 Å². The van der Waals surface area contributed by atoms with E-state index in [-0.39, 0.29) is 0 Å². The van der Waals surface area contributed by atoms with Gasteiger partial charge in [0.15, 0.2) is 0 Å². The molecule has 0 aliphatic heterocycles. The Morgan fingerprint density at radius 1 is 0.262 bits per heavy atom. The Hall–Kier alpha value is -8.80. The first-order valence-electron chi connectivity index (χ1n) is 21.9. The Labute approximate surface area is 374 Å². The summed E-state index contributed by atoms with van der Waals surface area (Å²) in [5, 5.41) is 34.6. The minimum atomic E-state index is 0.867. The minimum absolute atomic E-state index is 0.867. The van der Waals surface area contributed by atoms with Gasteiger partial charge >= 0.3 is 0 Å². The first kappa shape index (κ1) is 36.8. The molecular formula is C60H37N5. The van der Waals surface area contributed by atoms with Crippen molar-refractivity contribution in [3.05, 3.63) is 225 Å². The molecule has 2 heterocycles. The molecule has 65 heavy (non-hydrogen) atoms. The van der Waals surface area contributed by atoms with Gasteiger partial charge in [-0.3, -0.25) is 0 Å². The van der Waals surface area contributed by atoms with E-state index >= 15 is 0 Å². The van der Waals surface area contributed by atoms with Gasteiger partial charge in [-0.15, -0.1) is 10.2 Å². The van der Waals surface area contributed by atoms with Crippen LogP contribution in [0.3, 0.4) is 0 Å². The Balaban J connectivity index is 0.926. The topological polar surface area (TPSA) is 54.8 Å². The first-order valence-corrected chi connectivity index (χ1v) is 21.9. The summed E-state index contributed by atoms with van der Waals surface area (Å²) in [6, 6.07) is 76.4. The summed E-state index contributed by atoms with van der Waals surface area (Å²) in [5.74, 6) is 0. The van der Waals surface area contributed by atoms with Crippen molar-refractivity contribution >= 4 is 92.5 Å². The van der Waals surface area contributed by atoms with Crippen LogP contribution >= 0.6 is 0 Å². The molecule has 0 saturated heterocycles. The van der Waals surface area contributed by atoms with E-state index in [0.29, 0.717) is 0 Å². The van der Waals surface area contributed by atoms with Gasteiger partial charge in [0, 0.05) is 49.7 Å². The molecular weight excluding hydrogens is 791 g/mol. The fourth-order valence-corrected chi connectivity index (χ4v) is 9.85. The van der Waals surface area contributed by atoms with E-state index in [4.69, 9.17) is 10.2 Å². The standard InChI is InChI=1S/C60H37N5/c1-2-10-43-33-44(16-13-38(43)7-1)45-25-31-53-46(34-45)17-18-47-35-52(30-32-54(47)53)65(50-26-21-41(22-27-50)59-57-48(36-61-63-59)19-14-39-8-3-5-11-55(39)57)51-28-23-42(24-29-51)60-58-49(37-62-64-60)20-15-40-9-4-6-12-56(40)58/h1-37H. The summed E-state index contributed by atoms with van der Waals surface area (Å²) < 4.78 is 0. The van der Waals surface area contributed by atoms with Crippen molar-refractivity contribution in [1.29, 1.82) is 0 Å². The second kappa shape index (κ2) is 14.9. The summed E-state index contributed by atoms with van der Waals surface area (Å²) in [6.45, 7) is 0. The Morgan fingerprint density at radius 3 is 1.25 bits per heavy atom. The van der Waals surface area contributed by atoms with Gasteiger partial charge in [-0.25, -0.2) is 0 Å². The van der Waals surface area contributed by atoms with Gasteiger partial charge in [0.2, 0.25) is 0 Å². The van der Waals surface area contributed by atoms with Crippen LogP contribution in [-0.4, -0.2) is 20.4 Å². The average Bonchev–Trinajstić information content (AvgIpc) is 3.38. The van der Waals surface area contributed by atoms with Crippen molar-refractivity contribution in [1.82, 2.24) is 20.4 Å². The van der Waals surface area contributed by atoms with Crippen LogP contribution < -0.4 is 4.90 Å². The van der Waals surface area contributed by atoms with Crippen LogP contribution in [0.2, 0.25) is 0 Å². The Kier molecular flexibility index (Phi) is 8.46. The molecule has 0 amide bonds. The van der Waals surface area contributed by atoms with Gasteiger partial charge in [0.05, 0.1) is 12.4 Å². The highest BCUT2D eigenvalue weighted by atomic mass is 15.1. The SMILES string of the molecule is c1ccc2cc(-c3ccc4c(ccc5cc(N(c6ccc(-c7nncc8ccc9ccccc9c78)cc6)c6ccc(-c7nncc8ccc9ccccc9c78)cc6)ccc54)c3)ccc2c1. The van der Waals surface area contributed by atoms with Crippen LogP contribution in [0.25, 0.3) is 109 Å². The van der Waals surface area contributed by atoms with Crippen molar-refractivity contribution in [3.8, 4) is 33.6 Å². The monoisotopic (exact) mass is 827 g/mol. The van der Waals surface area contributed by atoms with E-state index in [0.717, 1.165) is 71.9 Å². The number of benzene rings is 11. The number of fused-ring (bicyclic) bond motifs is 10. The third-order valence-corrected chi connectivity index (χ3v) is 13.1. The van der Waals surface area contributed by atoms with Crippen LogP contribution in [0.1, 0.15) is 0 Å². The zero-order chi connectivity index (χ0) is 42.8. The van der Waals surface area contributed by atoms with Gasteiger partial charge < -0.3 is 4.90 Å². The molecule has 0 radical (unpaired) electrons. The molecule has 0 fully saturated rings. The number of nitrogens with zero attached hydrogens (tertiary/aromatic N) is 5. The van der Waals surface area contributed by atoms with Crippen molar-refractivity contribution in [3.63, 3.8) is 0 Å². The maximum atomic E-state index is 4.72. The normalized spacial score (nSPS) is 11.7. The fraction of sp³-hybridized carbons (Fsp3) is 0. The smallest absolute Gasteiger partial charge is 0.101 e. The summed E-state index contributed by atoms with van der Waals surface area (Å²) in [6.07, 6.45) is 3.70. The molecule has 0 aliphatic carbocycles. The lowest BCUT2D eigenvalue weighted by Crippen LogP contribution is -2.10. The zero-order valence-corrected chi connectivity index (χ0v) is 35.1.